The molecule has 0 atom stereocenters. The molecule has 2 aromatic heterocycles. The summed E-state index contributed by atoms with van der Waals surface area (Å²) in [4.78, 5) is 19.5. The first-order chi connectivity index (χ1) is 8.72. The highest BCUT2D eigenvalue weighted by atomic mass is 16.4. The van der Waals surface area contributed by atoms with Crippen LogP contribution in [-0.2, 0) is 10.2 Å². The summed E-state index contributed by atoms with van der Waals surface area (Å²) in [6.07, 6.45) is 6.94. The number of nitrogens with zero attached hydrogens (tertiary/aromatic N) is 4. The molecule has 0 spiro atoms. The number of pyridine rings is 1. The van der Waals surface area contributed by atoms with Crippen molar-refractivity contribution in [2.24, 2.45) is 0 Å². The molecule has 2 heterocycles. The van der Waals surface area contributed by atoms with E-state index in [2.05, 4.69) is 15.1 Å². The standard InChI is InChI=1S/C12H12N4O2/c17-11(18)12(4-1-5-12)9-2-3-10(14-6-9)16-8-13-7-15-16/h2-3,6-8H,1,4-5H2,(H,17,18). The molecule has 1 aliphatic rings. The fourth-order valence-corrected chi connectivity index (χ4v) is 2.29. The number of carboxylic acids is 1. The van der Waals surface area contributed by atoms with Gasteiger partial charge in [0, 0.05) is 6.20 Å². The first-order valence-corrected chi connectivity index (χ1v) is 5.77. The van der Waals surface area contributed by atoms with E-state index in [1.807, 2.05) is 6.07 Å². The van der Waals surface area contributed by atoms with E-state index in [0.717, 1.165) is 12.0 Å². The van der Waals surface area contributed by atoms with Crippen LogP contribution in [0.2, 0.25) is 0 Å². The van der Waals surface area contributed by atoms with E-state index < -0.39 is 11.4 Å². The van der Waals surface area contributed by atoms with Gasteiger partial charge in [0.05, 0.1) is 5.41 Å². The van der Waals surface area contributed by atoms with Crippen LogP contribution in [-0.4, -0.2) is 30.8 Å². The van der Waals surface area contributed by atoms with E-state index in [9.17, 15) is 9.90 Å². The molecule has 3 rings (SSSR count). The van der Waals surface area contributed by atoms with Crippen molar-refractivity contribution in [3.63, 3.8) is 0 Å². The molecule has 18 heavy (non-hydrogen) atoms. The third-order valence-corrected chi connectivity index (χ3v) is 3.57. The molecule has 2 aromatic rings. The molecule has 92 valence electrons. The van der Waals surface area contributed by atoms with Crippen LogP contribution < -0.4 is 0 Å². The SMILES string of the molecule is O=C(O)C1(c2ccc(-n3cncn3)nc2)CCC1. The molecule has 0 radical (unpaired) electrons. The average molecular weight is 244 g/mol. The number of carbonyl (C=O) groups is 1. The lowest BCUT2D eigenvalue weighted by Gasteiger charge is -2.37. The van der Waals surface area contributed by atoms with Gasteiger partial charge in [0.15, 0.2) is 5.82 Å². The second-order valence-electron chi connectivity index (χ2n) is 4.49. The maximum absolute atomic E-state index is 11.4. The molecule has 0 saturated heterocycles. The van der Waals surface area contributed by atoms with Gasteiger partial charge in [0.1, 0.15) is 12.7 Å². The summed E-state index contributed by atoms with van der Waals surface area (Å²) in [7, 11) is 0. The summed E-state index contributed by atoms with van der Waals surface area (Å²) in [6.45, 7) is 0. The van der Waals surface area contributed by atoms with Gasteiger partial charge < -0.3 is 5.11 Å². The minimum absolute atomic E-state index is 0.635. The Morgan fingerprint density at radius 2 is 2.22 bits per heavy atom. The highest BCUT2D eigenvalue weighted by Gasteiger charge is 2.46. The van der Waals surface area contributed by atoms with Crippen molar-refractivity contribution in [1.29, 1.82) is 0 Å². The molecule has 6 nitrogen and oxygen atoms in total. The Labute approximate surface area is 103 Å². The van der Waals surface area contributed by atoms with Gasteiger partial charge in [0.2, 0.25) is 0 Å². The average Bonchev–Trinajstić information content (AvgIpc) is 2.81. The van der Waals surface area contributed by atoms with Crippen LogP contribution in [0.5, 0.6) is 0 Å². The molecule has 0 amide bonds. The van der Waals surface area contributed by atoms with Crippen LogP contribution in [0.1, 0.15) is 24.8 Å². The summed E-state index contributed by atoms with van der Waals surface area (Å²) in [6, 6.07) is 3.59. The molecule has 1 fully saturated rings. The van der Waals surface area contributed by atoms with Crippen molar-refractivity contribution < 1.29 is 9.90 Å². The van der Waals surface area contributed by atoms with Crippen LogP contribution in [0.25, 0.3) is 5.82 Å². The quantitative estimate of drug-likeness (QED) is 0.876. The van der Waals surface area contributed by atoms with E-state index in [4.69, 9.17) is 0 Å². The van der Waals surface area contributed by atoms with Gasteiger partial charge in [-0.05, 0) is 24.5 Å². The molecular weight excluding hydrogens is 232 g/mol. The molecule has 0 unspecified atom stereocenters. The van der Waals surface area contributed by atoms with Crippen molar-refractivity contribution in [3.8, 4) is 5.82 Å². The minimum Gasteiger partial charge on any atom is -0.481 e. The summed E-state index contributed by atoms with van der Waals surface area (Å²) in [5.41, 5.74) is 0.0403. The van der Waals surface area contributed by atoms with E-state index >= 15 is 0 Å². The third-order valence-electron chi connectivity index (χ3n) is 3.57. The van der Waals surface area contributed by atoms with Gasteiger partial charge in [0.25, 0.3) is 0 Å². The maximum Gasteiger partial charge on any atom is 0.314 e. The van der Waals surface area contributed by atoms with E-state index in [0.29, 0.717) is 18.7 Å². The predicted octanol–water partition coefficient (Wildman–Crippen LogP) is 1.17. The molecule has 6 heteroatoms. The van der Waals surface area contributed by atoms with Gasteiger partial charge in [-0.15, -0.1) is 0 Å². The summed E-state index contributed by atoms with van der Waals surface area (Å²) >= 11 is 0. The fourth-order valence-electron chi connectivity index (χ4n) is 2.29. The topological polar surface area (TPSA) is 80.9 Å². The molecule has 0 bridgehead atoms. The van der Waals surface area contributed by atoms with Gasteiger partial charge in [-0.2, -0.15) is 5.10 Å². The van der Waals surface area contributed by atoms with Gasteiger partial charge in [-0.3, -0.25) is 4.79 Å². The summed E-state index contributed by atoms with van der Waals surface area (Å²) < 4.78 is 1.54. The molecule has 0 aromatic carbocycles. The van der Waals surface area contributed by atoms with Crippen LogP contribution >= 0.6 is 0 Å². The van der Waals surface area contributed by atoms with Crippen molar-refractivity contribution in [3.05, 3.63) is 36.5 Å². The number of hydrogen-bond donors (Lipinski definition) is 1. The number of carboxylic acid groups (broad SMARTS) is 1. The van der Waals surface area contributed by atoms with E-state index in [1.54, 1.807) is 18.6 Å². The van der Waals surface area contributed by atoms with E-state index in [1.165, 1.54) is 11.0 Å². The number of hydrogen-bond acceptors (Lipinski definition) is 4. The summed E-state index contributed by atoms with van der Waals surface area (Å²) in [5.74, 6) is -0.125. The van der Waals surface area contributed by atoms with Crippen molar-refractivity contribution in [1.82, 2.24) is 19.7 Å². The molecular formula is C12H12N4O2. The Morgan fingerprint density at radius 1 is 1.39 bits per heavy atom. The Hall–Kier alpha value is -2.24. The Morgan fingerprint density at radius 3 is 2.67 bits per heavy atom. The molecule has 1 aliphatic carbocycles. The highest BCUT2D eigenvalue weighted by Crippen LogP contribution is 2.43. The Balaban J connectivity index is 1.94. The Kier molecular flexibility index (Phi) is 2.36. The maximum atomic E-state index is 11.4. The molecule has 1 N–H and O–H groups in total. The van der Waals surface area contributed by atoms with Crippen molar-refractivity contribution in [2.75, 3.05) is 0 Å². The van der Waals surface area contributed by atoms with Crippen LogP contribution in [0.4, 0.5) is 0 Å². The summed E-state index contributed by atoms with van der Waals surface area (Å²) in [5, 5.41) is 13.3. The van der Waals surface area contributed by atoms with Crippen LogP contribution in [0.15, 0.2) is 31.0 Å². The third kappa shape index (κ3) is 1.49. The first-order valence-electron chi connectivity index (χ1n) is 5.77. The number of rotatable bonds is 3. The van der Waals surface area contributed by atoms with Crippen molar-refractivity contribution in [2.45, 2.75) is 24.7 Å². The second kappa shape index (κ2) is 3.90. The normalized spacial score (nSPS) is 17.1. The zero-order valence-electron chi connectivity index (χ0n) is 9.65. The van der Waals surface area contributed by atoms with Crippen LogP contribution in [0, 0.1) is 0 Å². The molecule has 1 saturated carbocycles. The first kappa shape index (κ1) is 10.9. The largest absolute Gasteiger partial charge is 0.481 e. The molecule has 0 aliphatic heterocycles. The number of aliphatic carboxylic acids is 1. The van der Waals surface area contributed by atoms with E-state index in [-0.39, 0.29) is 0 Å². The zero-order chi connectivity index (χ0) is 12.6. The second-order valence-corrected chi connectivity index (χ2v) is 4.49. The highest BCUT2D eigenvalue weighted by molar-refractivity contribution is 5.82. The van der Waals surface area contributed by atoms with Gasteiger partial charge in [-0.1, -0.05) is 12.5 Å². The monoisotopic (exact) mass is 244 g/mol. The lowest BCUT2D eigenvalue weighted by molar-refractivity contribution is -0.147. The minimum atomic E-state index is -0.760. The van der Waals surface area contributed by atoms with Gasteiger partial charge in [-0.25, -0.2) is 14.6 Å². The fraction of sp³-hybridized carbons (Fsp3) is 0.333. The lowest BCUT2D eigenvalue weighted by atomic mass is 9.65. The Bertz CT molecular complexity index is 558. The van der Waals surface area contributed by atoms with Crippen molar-refractivity contribution >= 4 is 5.97 Å². The lowest BCUT2D eigenvalue weighted by Crippen LogP contribution is -2.42. The zero-order valence-corrected chi connectivity index (χ0v) is 9.65. The predicted molar refractivity (Wildman–Crippen MR) is 62.3 cm³/mol. The van der Waals surface area contributed by atoms with Gasteiger partial charge >= 0.3 is 5.97 Å². The van der Waals surface area contributed by atoms with Crippen LogP contribution in [0.3, 0.4) is 0 Å². The number of aromatic nitrogens is 4. The smallest absolute Gasteiger partial charge is 0.314 e.